The minimum Gasteiger partial charge on any atom is -0.335 e. The molecule has 1 heterocycles. The summed E-state index contributed by atoms with van der Waals surface area (Å²) in [5.41, 5.74) is -1.08. The molecule has 33 heavy (non-hydrogen) atoms. The van der Waals surface area contributed by atoms with Crippen molar-refractivity contribution < 1.29 is 35.9 Å². The van der Waals surface area contributed by atoms with Crippen molar-refractivity contribution in [3.05, 3.63) is 59.2 Å². The summed E-state index contributed by atoms with van der Waals surface area (Å²) in [4.78, 5) is 27.4. The third-order valence-corrected chi connectivity index (χ3v) is 6.70. The molecule has 0 spiro atoms. The summed E-state index contributed by atoms with van der Waals surface area (Å²) < 4.78 is 77.0. The molecule has 1 aliphatic heterocycles. The SMILES string of the molecule is O=C1Nc2cc(C(F)(F)F)ccc2SC1CC(=O)N(Cc1ccc(C(F)(F)F)cc1)C1CC1. The van der Waals surface area contributed by atoms with Crippen LogP contribution in [0.2, 0.25) is 0 Å². The zero-order chi connectivity index (χ0) is 24.0. The van der Waals surface area contributed by atoms with Crippen molar-refractivity contribution in [1.82, 2.24) is 4.90 Å². The van der Waals surface area contributed by atoms with Crippen molar-refractivity contribution in [2.24, 2.45) is 0 Å². The Bertz CT molecular complexity index is 1060. The van der Waals surface area contributed by atoms with Crippen LogP contribution in [0.5, 0.6) is 0 Å². The maximum atomic E-state index is 13.0. The lowest BCUT2D eigenvalue weighted by molar-refractivity contribution is -0.138. The van der Waals surface area contributed by atoms with Crippen LogP contribution in [0.15, 0.2) is 47.4 Å². The first kappa shape index (κ1) is 23.5. The number of halogens is 6. The van der Waals surface area contributed by atoms with E-state index < -0.39 is 34.6 Å². The Balaban J connectivity index is 1.44. The Morgan fingerprint density at radius 3 is 2.15 bits per heavy atom. The van der Waals surface area contributed by atoms with Crippen molar-refractivity contribution in [2.45, 2.75) is 54.3 Å². The molecule has 176 valence electrons. The smallest absolute Gasteiger partial charge is 0.335 e. The van der Waals surface area contributed by atoms with Gasteiger partial charge in [-0.1, -0.05) is 12.1 Å². The van der Waals surface area contributed by atoms with Crippen LogP contribution in [0.3, 0.4) is 0 Å². The average Bonchev–Trinajstić information content (AvgIpc) is 3.56. The molecule has 2 aliphatic rings. The first-order valence-electron chi connectivity index (χ1n) is 10.1. The van der Waals surface area contributed by atoms with E-state index in [4.69, 9.17) is 0 Å². The zero-order valence-corrected chi connectivity index (χ0v) is 17.8. The Hall–Kier alpha value is -2.69. The van der Waals surface area contributed by atoms with Gasteiger partial charge in [-0.2, -0.15) is 26.3 Å². The van der Waals surface area contributed by atoms with Gasteiger partial charge < -0.3 is 10.2 Å². The molecule has 4 nitrogen and oxygen atoms in total. The van der Waals surface area contributed by atoms with Crippen LogP contribution in [0.1, 0.15) is 36.0 Å². The van der Waals surface area contributed by atoms with E-state index in [9.17, 15) is 35.9 Å². The maximum absolute atomic E-state index is 13.0. The summed E-state index contributed by atoms with van der Waals surface area (Å²) in [6.07, 6.45) is -7.64. The summed E-state index contributed by atoms with van der Waals surface area (Å²) in [6.45, 7) is 0.117. The number of thioether (sulfide) groups is 1. The number of hydrogen-bond acceptors (Lipinski definition) is 3. The van der Waals surface area contributed by atoms with Gasteiger partial charge >= 0.3 is 12.4 Å². The second-order valence-electron chi connectivity index (χ2n) is 7.96. The number of fused-ring (bicyclic) bond motifs is 1. The average molecular weight is 488 g/mol. The van der Waals surface area contributed by atoms with Crippen LogP contribution >= 0.6 is 11.8 Å². The predicted molar refractivity (Wildman–Crippen MR) is 109 cm³/mol. The number of benzene rings is 2. The second kappa shape index (κ2) is 8.58. The summed E-state index contributed by atoms with van der Waals surface area (Å²) in [5.74, 6) is -0.897. The molecular weight excluding hydrogens is 470 g/mol. The Kier molecular flexibility index (Phi) is 6.10. The van der Waals surface area contributed by atoms with E-state index in [0.717, 1.165) is 48.9 Å². The summed E-state index contributed by atoms with van der Waals surface area (Å²) in [6, 6.07) is 7.56. The van der Waals surface area contributed by atoms with E-state index in [1.54, 1.807) is 4.90 Å². The number of alkyl halides is 6. The molecule has 1 fully saturated rings. The Labute approximate surface area is 189 Å². The fraction of sp³-hybridized carbons (Fsp3) is 0.364. The molecule has 1 aliphatic carbocycles. The lowest BCUT2D eigenvalue weighted by Crippen LogP contribution is -2.38. The van der Waals surface area contributed by atoms with Gasteiger partial charge in [0.15, 0.2) is 0 Å². The predicted octanol–water partition coefficient (Wildman–Crippen LogP) is 5.72. The quantitative estimate of drug-likeness (QED) is 0.548. The van der Waals surface area contributed by atoms with E-state index in [0.29, 0.717) is 10.5 Å². The van der Waals surface area contributed by atoms with Gasteiger partial charge in [-0.3, -0.25) is 9.59 Å². The monoisotopic (exact) mass is 488 g/mol. The van der Waals surface area contributed by atoms with Crippen LogP contribution in [-0.2, 0) is 28.5 Å². The highest BCUT2D eigenvalue weighted by molar-refractivity contribution is 8.01. The number of carbonyl (C=O) groups excluding carboxylic acids is 2. The van der Waals surface area contributed by atoms with Crippen LogP contribution in [0.25, 0.3) is 0 Å². The van der Waals surface area contributed by atoms with Gasteiger partial charge in [0.2, 0.25) is 11.8 Å². The van der Waals surface area contributed by atoms with E-state index in [2.05, 4.69) is 5.32 Å². The van der Waals surface area contributed by atoms with Gasteiger partial charge in [0.25, 0.3) is 0 Å². The lowest BCUT2D eigenvalue weighted by Gasteiger charge is -2.28. The number of nitrogens with zero attached hydrogens (tertiary/aromatic N) is 1. The van der Waals surface area contributed by atoms with Gasteiger partial charge in [-0.05, 0) is 48.7 Å². The van der Waals surface area contributed by atoms with Crippen molar-refractivity contribution in [3.8, 4) is 0 Å². The molecule has 1 atom stereocenters. The highest BCUT2D eigenvalue weighted by atomic mass is 32.2. The number of anilines is 1. The van der Waals surface area contributed by atoms with Gasteiger partial charge in [-0.25, -0.2) is 0 Å². The Morgan fingerprint density at radius 2 is 1.58 bits per heavy atom. The number of amides is 2. The van der Waals surface area contributed by atoms with Crippen molar-refractivity contribution >= 4 is 29.3 Å². The largest absolute Gasteiger partial charge is 0.416 e. The first-order valence-corrected chi connectivity index (χ1v) is 10.9. The summed E-state index contributed by atoms with van der Waals surface area (Å²) in [7, 11) is 0. The third-order valence-electron chi connectivity index (χ3n) is 5.43. The van der Waals surface area contributed by atoms with E-state index in [-0.39, 0.29) is 30.6 Å². The van der Waals surface area contributed by atoms with E-state index >= 15 is 0 Å². The normalized spacial score (nSPS) is 18.5. The van der Waals surface area contributed by atoms with Gasteiger partial charge in [0.1, 0.15) is 0 Å². The zero-order valence-electron chi connectivity index (χ0n) is 17.0. The lowest BCUT2D eigenvalue weighted by atomic mass is 10.1. The molecule has 2 amide bonds. The van der Waals surface area contributed by atoms with Gasteiger partial charge in [0, 0.05) is 23.9 Å². The fourth-order valence-corrected chi connectivity index (χ4v) is 4.62. The van der Waals surface area contributed by atoms with Crippen LogP contribution in [0.4, 0.5) is 32.0 Å². The molecule has 2 aromatic carbocycles. The minimum atomic E-state index is -4.54. The first-order chi connectivity index (χ1) is 15.4. The van der Waals surface area contributed by atoms with Crippen LogP contribution < -0.4 is 5.32 Å². The van der Waals surface area contributed by atoms with E-state index in [1.165, 1.54) is 18.2 Å². The van der Waals surface area contributed by atoms with E-state index in [1.807, 2.05) is 0 Å². The van der Waals surface area contributed by atoms with Gasteiger partial charge in [-0.15, -0.1) is 11.8 Å². The van der Waals surface area contributed by atoms with Crippen LogP contribution in [-0.4, -0.2) is 28.0 Å². The fourth-order valence-electron chi connectivity index (χ4n) is 3.54. The molecule has 1 N–H and O–H groups in total. The second-order valence-corrected chi connectivity index (χ2v) is 9.20. The molecule has 0 aromatic heterocycles. The van der Waals surface area contributed by atoms with Gasteiger partial charge in [0.05, 0.1) is 22.1 Å². The van der Waals surface area contributed by atoms with Crippen molar-refractivity contribution in [3.63, 3.8) is 0 Å². The maximum Gasteiger partial charge on any atom is 0.416 e. The number of nitrogens with one attached hydrogen (secondary N) is 1. The Morgan fingerprint density at radius 1 is 0.970 bits per heavy atom. The molecule has 0 bridgehead atoms. The van der Waals surface area contributed by atoms with Crippen LogP contribution in [0, 0.1) is 0 Å². The molecule has 0 saturated heterocycles. The van der Waals surface area contributed by atoms with Crippen molar-refractivity contribution in [2.75, 3.05) is 5.32 Å². The summed E-state index contributed by atoms with van der Waals surface area (Å²) in [5, 5.41) is 1.62. The molecule has 1 saturated carbocycles. The molecule has 1 unspecified atom stereocenters. The topological polar surface area (TPSA) is 49.4 Å². The molecular formula is C22H18F6N2O2S. The number of hydrogen-bond donors (Lipinski definition) is 1. The minimum absolute atomic E-state index is 0.0434. The third kappa shape index (κ3) is 5.45. The molecule has 11 heteroatoms. The standard InChI is InChI=1S/C22H18F6N2O2S/c23-21(24,25)13-3-1-12(2-4-13)11-30(15-6-7-15)19(31)10-18-20(32)29-16-9-14(22(26,27)28)5-8-17(16)33-18/h1-5,8-9,15,18H,6-7,10-11H2,(H,29,32). The summed E-state index contributed by atoms with van der Waals surface area (Å²) >= 11 is 1.02. The van der Waals surface area contributed by atoms with Crippen molar-refractivity contribution in [1.29, 1.82) is 0 Å². The number of rotatable bonds is 5. The highest BCUT2D eigenvalue weighted by Crippen LogP contribution is 2.41. The molecule has 4 rings (SSSR count). The number of carbonyl (C=O) groups is 2. The molecule has 0 radical (unpaired) electrons. The molecule has 2 aromatic rings. The highest BCUT2D eigenvalue weighted by Gasteiger charge is 2.38.